The summed E-state index contributed by atoms with van der Waals surface area (Å²) in [6, 6.07) is 3.18. The zero-order chi connectivity index (χ0) is 11.0. The van der Waals surface area contributed by atoms with E-state index in [2.05, 4.69) is 5.43 Å². The molecule has 0 saturated carbocycles. The standard InChI is InChI=1S/C9H7Cl3N2O/c10-5-3-6(11)9(7(12)4-5)14-2-1-8(15)13-14/h3-4H,1-2H2,(H,13,15). The van der Waals surface area contributed by atoms with E-state index in [9.17, 15) is 4.79 Å². The fourth-order valence-electron chi connectivity index (χ4n) is 1.44. The zero-order valence-electron chi connectivity index (χ0n) is 7.56. The third-order valence-corrected chi connectivity index (χ3v) is 2.87. The number of anilines is 1. The summed E-state index contributed by atoms with van der Waals surface area (Å²) in [4.78, 5) is 11.1. The Hall–Kier alpha value is -0.640. The maximum absolute atomic E-state index is 11.1. The van der Waals surface area contributed by atoms with Crippen LogP contribution in [0.15, 0.2) is 12.1 Å². The molecule has 2 rings (SSSR count). The van der Waals surface area contributed by atoms with E-state index in [1.807, 2.05) is 0 Å². The van der Waals surface area contributed by atoms with Gasteiger partial charge in [0.1, 0.15) is 0 Å². The third kappa shape index (κ3) is 2.14. The molecule has 0 aromatic heterocycles. The van der Waals surface area contributed by atoms with Gasteiger partial charge in [-0.1, -0.05) is 34.8 Å². The molecule has 1 aliphatic heterocycles. The van der Waals surface area contributed by atoms with Crippen molar-refractivity contribution in [1.82, 2.24) is 5.43 Å². The summed E-state index contributed by atoms with van der Waals surface area (Å²) in [7, 11) is 0. The molecule has 1 amide bonds. The van der Waals surface area contributed by atoms with Gasteiger partial charge >= 0.3 is 0 Å². The molecule has 3 nitrogen and oxygen atoms in total. The number of hydrogen-bond donors (Lipinski definition) is 1. The van der Waals surface area contributed by atoms with Gasteiger partial charge in [-0.15, -0.1) is 0 Å². The number of amides is 1. The summed E-state index contributed by atoms with van der Waals surface area (Å²) in [5.74, 6) is -0.0444. The van der Waals surface area contributed by atoms with Crippen LogP contribution >= 0.6 is 34.8 Å². The lowest BCUT2D eigenvalue weighted by Gasteiger charge is -2.20. The molecule has 0 atom stereocenters. The summed E-state index contributed by atoms with van der Waals surface area (Å²) in [6.45, 7) is 0.555. The second kappa shape index (κ2) is 4.08. The van der Waals surface area contributed by atoms with Gasteiger partial charge in [0, 0.05) is 18.0 Å². The Morgan fingerprint density at radius 1 is 1.20 bits per heavy atom. The van der Waals surface area contributed by atoms with E-state index in [4.69, 9.17) is 34.8 Å². The van der Waals surface area contributed by atoms with Gasteiger partial charge < -0.3 is 0 Å². The van der Waals surface area contributed by atoms with Crippen molar-refractivity contribution in [3.8, 4) is 0 Å². The molecule has 0 unspecified atom stereocenters. The first-order chi connectivity index (χ1) is 7.08. The summed E-state index contributed by atoms with van der Waals surface area (Å²) in [5, 5.41) is 2.95. The molecule has 80 valence electrons. The van der Waals surface area contributed by atoms with Crippen LogP contribution in [0.2, 0.25) is 15.1 Å². The highest BCUT2D eigenvalue weighted by atomic mass is 35.5. The van der Waals surface area contributed by atoms with Crippen LogP contribution in [0.3, 0.4) is 0 Å². The van der Waals surface area contributed by atoms with Crippen LogP contribution in [-0.2, 0) is 4.79 Å². The van der Waals surface area contributed by atoms with E-state index in [1.54, 1.807) is 17.1 Å². The monoisotopic (exact) mass is 264 g/mol. The highest BCUT2D eigenvalue weighted by molar-refractivity contribution is 6.41. The maximum atomic E-state index is 11.1. The molecule has 1 fully saturated rings. The van der Waals surface area contributed by atoms with E-state index in [1.165, 1.54) is 0 Å². The van der Waals surface area contributed by atoms with E-state index >= 15 is 0 Å². The third-order valence-electron chi connectivity index (χ3n) is 2.07. The second-order valence-corrected chi connectivity index (χ2v) is 4.41. The molecule has 0 aliphatic carbocycles. The Labute approximate surface area is 102 Å². The summed E-state index contributed by atoms with van der Waals surface area (Å²) in [6.07, 6.45) is 0.440. The SMILES string of the molecule is O=C1CCN(c2c(Cl)cc(Cl)cc2Cl)N1. The van der Waals surface area contributed by atoms with E-state index < -0.39 is 0 Å². The Bertz CT molecular complexity index is 399. The van der Waals surface area contributed by atoms with Crippen molar-refractivity contribution in [2.75, 3.05) is 11.6 Å². The van der Waals surface area contributed by atoms with Gasteiger partial charge in [-0.25, -0.2) is 0 Å². The van der Waals surface area contributed by atoms with Gasteiger partial charge in [0.05, 0.1) is 15.7 Å². The molecule has 1 heterocycles. The minimum absolute atomic E-state index is 0.0444. The summed E-state index contributed by atoms with van der Waals surface area (Å²) >= 11 is 17.8. The number of carbonyl (C=O) groups excluding carboxylic acids is 1. The molecule has 1 saturated heterocycles. The van der Waals surface area contributed by atoms with E-state index in [0.29, 0.717) is 33.7 Å². The smallest absolute Gasteiger partial charge is 0.240 e. The molecule has 1 N–H and O–H groups in total. The first-order valence-corrected chi connectivity index (χ1v) is 5.43. The number of carbonyl (C=O) groups is 1. The lowest BCUT2D eigenvalue weighted by molar-refractivity contribution is -0.119. The number of nitrogens with one attached hydrogen (secondary N) is 1. The number of hydrazine groups is 1. The van der Waals surface area contributed by atoms with Crippen molar-refractivity contribution in [2.24, 2.45) is 0 Å². The van der Waals surface area contributed by atoms with Crippen LogP contribution in [0.25, 0.3) is 0 Å². The van der Waals surface area contributed by atoms with Crippen LogP contribution in [0.4, 0.5) is 5.69 Å². The topological polar surface area (TPSA) is 32.3 Å². The van der Waals surface area contributed by atoms with Crippen molar-refractivity contribution in [3.63, 3.8) is 0 Å². The molecule has 1 aliphatic rings. The first-order valence-electron chi connectivity index (χ1n) is 4.29. The van der Waals surface area contributed by atoms with Crippen LogP contribution in [0.1, 0.15) is 6.42 Å². The molecule has 1 aromatic rings. The number of rotatable bonds is 1. The van der Waals surface area contributed by atoms with Crippen molar-refractivity contribution in [3.05, 3.63) is 27.2 Å². The second-order valence-electron chi connectivity index (χ2n) is 3.15. The van der Waals surface area contributed by atoms with Gasteiger partial charge in [-0.3, -0.25) is 15.2 Å². The fraction of sp³-hybridized carbons (Fsp3) is 0.222. The molecular formula is C9H7Cl3N2O. The Kier molecular flexibility index (Phi) is 2.96. The molecule has 1 aromatic carbocycles. The van der Waals surface area contributed by atoms with Crippen molar-refractivity contribution < 1.29 is 4.79 Å². The van der Waals surface area contributed by atoms with Crippen LogP contribution in [0.5, 0.6) is 0 Å². The largest absolute Gasteiger partial charge is 0.282 e. The van der Waals surface area contributed by atoms with Crippen molar-refractivity contribution in [2.45, 2.75) is 6.42 Å². The van der Waals surface area contributed by atoms with Gasteiger partial charge in [0.25, 0.3) is 0 Å². The molecular weight excluding hydrogens is 258 g/mol. The zero-order valence-corrected chi connectivity index (χ0v) is 9.83. The highest BCUT2D eigenvalue weighted by Crippen LogP contribution is 2.36. The summed E-state index contributed by atoms with van der Waals surface area (Å²) < 4.78 is 0. The number of nitrogens with zero attached hydrogens (tertiary/aromatic N) is 1. The average Bonchev–Trinajstić information content (AvgIpc) is 2.49. The number of halogens is 3. The molecule has 6 heteroatoms. The average molecular weight is 266 g/mol. The van der Waals surface area contributed by atoms with Crippen LogP contribution in [-0.4, -0.2) is 12.5 Å². The van der Waals surface area contributed by atoms with Crippen LogP contribution < -0.4 is 10.4 Å². The molecule has 0 spiro atoms. The lowest BCUT2D eigenvalue weighted by Crippen LogP contribution is -2.33. The van der Waals surface area contributed by atoms with Gasteiger partial charge in [-0.2, -0.15) is 0 Å². The Morgan fingerprint density at radius 3 is 2.27 bits per heavy atom. The maximum Gasteiger partial charge on any atom is 0.240 e. The Morgan fingerprint density at radius 2 is 1.80 bits per heavy atom. The van der Waals surface area contributed by atoms with Crippen LogP contribution in [0, 0.1) is 0 Å². The predicted molar refractivity (Wildman–Crippen MR) is 61.6 cm³/mol. The Balaban J connectivity index is 2.39. The molecule has 15 heavy (non-hydrogen) atoms. The minimum Gasteiger partial charge on any atom is -0.282 e. The molecule has 0 radical (unpaired) electrons. The van der Waals surface area contributed by atoms with Gasteiger partial charge in [-0.05, 0) is 12.1 Å². The fourth-order valence-corrected chi connectivity index (χ4v) is 2.46. The van der Waals surface area contributed by atoms with Crippen molar-refractivity contribution >= 4 is 46.4 Å². The number of hydrogen-bond acceptors (Lipinski definition) is 2. The summed E-state index contributed by atoms with van der Waals surface area (Å²) in [5.41, 5.74) is 3.24. The minimum atomic E-state index is -0.0444. The van der Waals surface area contributed by atoms with Crippen molar-refractivity contribution in [1.29, 1.82) is 0 Å². The van der Waals surface area contributed by atoms with E-state index in [0.717, 1.165) is 0 Å². The molecule has 0 bridgehead atoms. The normalized spacial score (nSPS) is 15.7. The lowest BCUT2D eigenvalue weighted by atomic mass is 10.3. The quantitative estimate of drug-likeness (QED) is 0.847. The number of benzene rings is 1. The van der Waals surface area contributed by atoms with E-state index in [-0.39, 0.29) is 5.91 Å². The first kappa shape index (κ1) is 10.9. The van der Waals surface area contributed by atoms with Gasteiger partial charge in [0.15, 0.2) is 0 Å². The predicted octanol–water partition coefficient (Wildman–Crippen LogP) is 2.89. The van der Waals surface area contributed by atoms with Gasteiger partial charge in [0.2, 0.25) is 5.91 Å². The highest BCUT2D eigenvalue weighted by Gasteiger charge is 2.23.